The second kappa shape index (κ2) is 7.97. The van der Waals surface area contributed by atoms with Gasteiger partial charge in [-0.2, -0.15) is 0 Å². The number of rotatable bonds is 5. The van der Waals surface area contributed by atoms with Crippen LogP contribution in [-0.2, 0) is 14.3 Å². The zero-order valence-corrected chi connectivity index (χ0v) is 15.1. The van der Waals surface area contributed by atoms with Crippen LogP contribution < -0.4 is 10.2 Å². The number of hydrogen-bond donors (Lipinski definition) is 1. The highest BCUT2D eigenvalue weighted by atomic mass is 16.5. The van der Waals surface area contributed by atoms with E-state index in [4.69, 9.17) is 4.74 Å². The monoisotopic (exact) mass is 345 g/mol. The van der Waals surface area contributed by atoms with Crippen molar-refractivity contribution in [3.8, 4) is 0 Å². The van der Waals surface area contributed by atoms with Crippen molar-refractivity contribution in [2.24, 2.45) is 5.92 Å². The lowest BCUT2D eigenvalue weighted by Gasteiger charge is -2.26. The highest BCUT2D eigenvalue weighted by Crippen LogP contribution is 2.29. The van der Waals surface area contributed by atoms with Gasteiger partial charge in [-0.25, -0.2) is 0 Å². The number of amides is 2. The van der Waals surface area contributed by atoms with Crippen molar-refractivity contribution in [2.75, 3.05) is 50.8 Å². The molecule has 1 unspecified atom stereocenters. The van der Waals surface area contributed by atoms with Gasteiger partial charge in [-0.05, 0) is 31.0 Å². The number of carbonyl (C=O) groups excluding carboxylic acids is 2. The van der Waals surface area contributed by atoms with E-state index in [1.54, 1.807) is 4.90 Å². The van der Waals surface area contributed by atoms with Gasteiger partial charge >= 0.3 is 0 Å². The Kier molecular flexibility index (Phi) is 5.71. The van der Waals surface area contributed by atoms with E-state index in [9.17, 15) is 9.59 Å². The predicted octanol–water partition coefficient (Wildman–Crippen LogP) is 1.10. The fraction of sp³-hybridized carbons (Fsp3) is 0.579. The first-order chi connectivity index (χ1) is 12.1. The first kappa shape index (κ1) is 17.9. The molecule has 2 aliphatic heterocycles. The molecule has 0 spiro atoms. The molecule has 2 amide bonds. The van der Waals surface area contributed by atoms with Crippen LogP contribution in [0.1, 0.15) is 17.5 Å². The third kappa shape index (κ3) is 4.19. The van der Waals surface area contributed by atoms with E-state index in [-0.39, 0.29) is 24.2 Å². The van der Waals surface area contributed by atoms with E-state index < -0.39 is 0 Å². The summed E-state index contributed by atoms with van der Waals surface area (Å²) in [5, 5.41) is 2.99. The molecule has 2 fully saturated rings. The van der Waals surface area contributed by atoms with Crippen LogP contribution in [0, 0.1) is 19.8 Å². The zero-order valence-electron chi connectivity index (χ0n) is 15.1. The molecule has 0 aliphatic carbocycles. The zero-order chi connectivity index (χ0) is 17.8. The minimum absolute atomic E-state index is 0.0191. The highest BCUT2D eigenvalue weighted by molar-refractivity contribution is 6.00. The Morgan fingerprint density at radius 2 is 2.04 bits per heavy atom. The molecular weight excluding hydrogens is 318 g/mol. The minimum atomic E-state index is -0.267. The van der Waals surface area contributed by atoms with Crippen LogP contribution >= 0.6 is 0 Å². The standard InChI is InChI=1S/C19H27N3O3/c1-14-4-3-5-17(15(14)2)22-13-16(12-18(22)23)19(24)20-6-7-21-8-10-25-11-9-21/h3-5,16H,6-13H2,1-2H3,(H,20,24). The topological polar surface area (TPSA) is 61.9 Å². The average molecular weight is 345 g/mol. The van der Waals surface area contributed by atoms with E-state index in [0.29, 0.717) is 13.1 Å². The smallest absolute Gasteiger partial charge is 0.227 e. The molecule has 1 atom stereocenters. The lowest BCUT2D eigenvalue weighted by Crippen LogP contribution is -2.42. The molecular formula is C19H27N3O3. The second-order valence-electron chi connectivity index (χ2n) is 6.87. The Hall–Kier alpha value is -1.92. The van der Waals surface area contributed by atoms with Gasteiger partial charge in [-0.15, -0.1) is 0 Å². The summed E-state index contributed by atoms with van der Waals surface area (Å²) in [6.45, 7) is 9.32. The van der Waals surface area contributed by atoms with Crippen molar-refractivity contribution in [1.29, 1.82) is 0 Å². The maximum Gasteiger partial charge on any atom is 0.227 e. The lowest BCUT2D eigenvalue weighted by atomic mass is 10.1. The summed E-state index contributed by atoms with van der Waals surface area (Å²) >= 11 is 0. The Bertz CT molecular complexity index is 641. The third-order valence-corrected chi connectivity index (χ3v) is 5.19. The molecule has 0 aromatic heterocycles. The van der Waals surface area contributed by atoms with E-state index in [0.717, 1.165) is 49.7 Å². The summed E-state index contributed by atoms with van der Waals surface area (Å²) in [4.78, 5) is 28.9. The molecule has 2 aliphatic rings. The molecule has 2 saturated heterocycles. The number of nitrogens with zero attached hydrogens (tertiary/aromatic N) is 2. The second-order valence-corrected chi connectivity index (χ2v) is 6.87. The van der Waals surface area contributed by atoms with Crippen LogP contribution in [0.15, 0.2) is 18.2 Å². The van der Waals surface area contributed by atoms with E-state index in [1.807, 2.05) is 32.0 Å². The summed E-state index contributed by atoms with van der Waals surface area (Å²) in [5.41, 5.74) is 3.18. The fourth-order valence-electron chi connectivity index (χ4n) is 3.45. The van der Waals surface area contributed by atoms with Gasteiger partial charge in [0.2, 0.25) is 11.8 Å². The third-order valence-electron chi connectivity index (χ3n) is 5.19. The van der Waals surface area contributed by atoms with Gasteiger partial charge in [-0.1, -0.05) is 12.1 Å². The first-order valence-electron chi connectivity index (χ1n) is 9.00. The predicted molar refractivity (Wildman–Crippen MR) is 96.6 cm³/mol. The highest BCUT2D eigenvalue weighted by Gasteiger charge is 2.35. The van der Waals surface area contributed by atoms with Gasteiger partial charge < -0.3 is 15.0 Å². The van der Waals surface area contributed by atoms with Gasteiger partial charge in [-0.3, -0.25) is 14.5 Å². The summed E-state index contributed by atoms with van der Waals surface area (Å²) in [7, 11) is 0. The molecule has 1 N–H and O–H groups in total. The Morgan fingerprint density at radius 3 is 2.80 bits per heavy atom. The lowest BCUT2D eigenvalue weighted by molar-refractivity contribution is -0.126. The normalized spacial score (nSPS) is 21.6. The fourth-order valence-corrected chi connectivity index (χ4v) is 3.45. The molecule has 1 aromatic rings. The number of anilines is 1. The van der Waals surface area contributed by atoms with Gasteiger partial charge in [0.1, 0.15) is 0 Å². The van der Waals surface area contributed by atoms with Gasteiger partial charge in [0.25, 0.3) is 0 Å². The van der Waals surface area contributed by atoms with Crippen LogP contribution in [0.3, 0.4) is 0 Å². The number of ether oxygens (including phenoxy) is 1. The molecule has 1 aromatic carbocycles. The minimum Gasteiger partial charge on any atom is -0.379 e. The molecule has 6 heteroatoms. The van der Waals surface area contributed by atoms with Crippen molar-refractivity contribution in [1.82, 2.24) is 10.2 Å². The number of nitrogens with one attached hydrogen (secondary N) is 1. The molecule has 0 radical (unpaired) electrons. The van der Waals surface area contributed by atoms with Crippen molar-refractivity contribution in [2.45, 2.75) is 20.3 Å². The molecule has 0 bridgehead atoms. The number of benzene rings is 1. The average Bonchev–Trinajstić information content (AvgIpc) is 3.00. The largest absolute Gasteiger partial charge is 0.379 e. The quantitative estimate of drug-likeness (QED) is 0.868. The summed E-state index contributed by atoms with van der Waals surface area (Å²) < 4.78 is 5.32. The van der Waals surface area contributed by atoms with E-state index >= 15 is 0 Å². The van der Waals surface area contributed by atoms with E-state index in [1.165, 1.54) is 0 Å². The van der Waals surface area contributed by atoms with Crippen LogP contribution in [0.5, 0.6) is 0 Å². The van der Waals surface area contributed by atoms with E-state index in [2.05, 4.69) is 10.2 Å². The molecule has 3 rings (SSSR count). The molecule has 25 heavy (non-hydrogen) atoms. The summed E-state index contributed by atoms with van der Waals surface area (Å²) in [6.07, 6.45) is 0.288. The van der Waals surface area contributed by atoms with Gasteiger partial charge in [0, 0.05) is 44.8 Å². The Labute approximate surface area is 149 Å². The van der Waals surface area contributed by atoms with Gasteiger partial charge in [0.15, 0.2) is 0 Å². The molecule has 136 valence electrons. The molecule has 2 heterocycles. The number of carbonyl (C=O) groups is 2. The molecule has 6 nitrogen and oxygen atoms in total. The van der Waals surface area contributed by atoms with Crippen LogP contribution in [0.2, 0.25) is 0 Å². The van der Waals surface area contributed by atoms with Crippen molar-refractivity contribution in [3.05, 3.63) is 29.3 Å². The number of morpholine rings is 1. The maximum absolute atomic E-state index is 12.4. The van der Waals surface area contributed by atoms with Crippen molar-refractivity contribution >= 4 is 17.5 Å². The number of hydrogen-bond acceptors (Lipinski definition) is 4. The van der Waals surface area contributed by atoms with Crippen LogP contribution in [0.4, 0.5) is 5.69 Å². The first-order valence-corrected chi connectivity index (χ1v) is 9.00. The van der Waals surface area contributed by atoms with Gasteiger partial charge in [0.05, 0.1) is 19.1 Å². The molecule has 0 saturated carbocycles. The summed E-state index contributed by atoms with van der Waals surface area (Å²) in [5.74, 6) is -0.256. The van der Waals surface area contributed by atoms with Crippen molar-refractivity contribution < 1.29 is 14.3 Å². The number of aryl methyl sites for hydroxylation is 1. The SMILES string of the molecule is Cc1cccc(N2CC(C(=O)NCCN3CCOCC3)CC2=O)c1C. The maximum atomic E-state index is 12.4. The summed E-state index contributed by atoms with van der Waals surface area (Å²) in [6, 6.07) is 5.95. The van der Waals surface area contributed by atoms with Crippen molar-refractivity contribution in [3.63, 3.8) is 0 Å². The van der Waals surface area contributed by atoms with Crippen LogP contribution in [-0.4, -0.2) is 62.7 Å². The Morgan fingerprint density at radius 1 is 1.28 bits per heavy atom. The Balaban J connectivity index is 1.53. The van der Waals surface area contributed by atoms with Crippen LogP contribution in [0.25, 0.3) is 0 Å².